The van der Waals surface area contributed by atoms with Crippen LogP contribution in [0.1, 0.15) is 32.1 Å². The molecular formula is C14H25N3S. The van der Waals surface area contributed by atoms with E-state index in [-0.39, 0.29) is 0 Å². The number of rotatable bonds is 3. The number of piperazine rings is 1. The zero-order chi connectivity index (χ0) is 13.2. The van der Waals surface area contributed by atoms with Gasteiger partial charge in [0.25, 0.3) is 0 Å². The molecule has 0 bridgehead atoms. The van der Waals surface area contributed by atoms with Gasteiger partial charge in [-0.1, -0.05) is 20.8 Å². The standard InChI is InChI=1S/C14H25N3S/c1-12-11-15-13(18-12)17-9-7-16(8-10-17)6-5-14(2,3)4/h11H,5-10H2,1-4H3. The lowest BCUT2D eigenvalue weighted by Gasteiger charge is -2.35. The predicted octanol–water partition coefficient (Wildman–Crippen LogP) is 3.01. The molecule has 0 amide bonds. The van der Waals surface area contributed by atoms with Gasteiger partial charge in [-0.15, -0.1) is 11.3 Å². The van der Waals surface area contributed by atoms with Gasteiger partial charge in [-0.2, -0.15) is 0 Å². The molecule has 0 saturated carbocycles. The van der Waals surface area contributed by atoms with Gasteiger partial charge in [0.2, 0.25) is 0 Å². The van der Waals surface area contributed by atoms with Crippen molar-refractivity contribution in [1.29, 1.82) is 0 Å². The summed E-state index contributed by atoms with van der Waals surface area (Å²) in [5.41, 5.74) is 0.448. The van der Waals surface area contributed by atoms with Gasteiger partial charge in [0.15, 0.2) is 5.13 Å². The second kappa shape index (κ2) is 5.57. The van der Waals surface area contributed by atoms with Gasteiger partial charge < -0.3 is 4.90 Å². The van der Waals surface area contributed by atoms with Crippen molar-refractivity contribution in [2.45, 2.75) is 34.1 Å². The van der Waals surface area contributed by atoms with Crippen LogP contribution in [0.5, 0.6) is 0 Å². The molecule has 0 atom stereocenters. The Labute approximate surface area is 115 Å². The van der Waals surface area contributed by atoms with Gasteiger partial charge in [0.1, 0.15) is 0 Å². The molecular weight excluding hydrogens is 242 g/mol. The Morgan fingerprint density at radius 1 is 1.22 bits per heavy atom. The van der Waals surface area contributed by atoms with Crippen LogP contribution in [0, 0.1) is 12.3 Å². The van der Waals surface area contributed by atoms with Crippen molar-refractivity contribution in [2.75, 3.05) is 37.6 Å². The highest BCUT2D eigenvalue weighted by molar-refractivity contribution is 7.15. The van der Waals surface area contributed by atoms with Crippen LogP contribution in [-0.4, -0.2) is 42.6 Å². The first kappa shape index (κ1) is 13.8. The molecule has 1 fully saturated rings. The van der Waals surface area contributed by atoms with Crippen molar-refractivity contribution in [2.24, 2.45) is 5.41 Å². The van der Waals surface area contributed by atoms with E-state index in [1.807, 2.05) is 17.5 Å². The third kappa shape index (κ3) is 3.95. The van der Waals surface area contributed by atoms with Gasteiger partial charge in [-0.25, -0.2) is 4.98 Å². The quantitative estimate of drug-likeness (QED) is 0.839. The minimum atomic E-state index is 0.448. The van der Waals surface area contributed by atoms with Crippen LogP contribution in [0.15, 0.2) is 6.20 Å². The van der Waals surface area contributed by atoms with Gasteiger partial charge in [0.05, 0.1) is 0 Å². The minimum absolute atomic E-state index is 0.448. The summed E-state index contributed by atoms with van der Waals surface area (Å²) in [6, 6.07) is 0. The SMILES string of the molecule is Cc1cnc(N2CCN(CCC(C)(C)C)CC2)s1. The summed E-state index contributed by atoms with van der Waals surface area (Å²) in [4.78, 5) is 10.8. The van der Waals surface area contributed by atoms with E-state index in [0.717, 1.165) is 13.1 Å². The average Bonchev–Trinajstić information content (AvgIpc) is 2.73. The van der Waals surface area contributed by atoms with Crippen LogP contribution in [0.2, 0.25) is 0 Å². The predicted molar refractivity (Wildman–Crippen MR) is 79.6 cm³/mol. The highest BCUT2D eigenvalue weighted by Gasteiger charge is 2.20. The van der Waals surface area contributed by atoms with Crippen LogP contribution in [0.4, 0.5) is 5.13 Å². The van der Waals surface area contributed by atoms with Crippen molar-refractivity contribution in [3.05, 3.63) is 11.1 Å². The molecule has 0 N–H and O–H groups in total. The Bertz CT molecular complexity index is 373. The largest absolute Gasteiger partial charge is 0.346 e. The molecule has 18 heavy (non-hydrogen) atoms. The average molecular weight is 267 g/mol. The molecule has 0 aromatic carbocycles. The molecule has 1 aromatic heterocycles. The number of hydrogen-bond donors (Lipinski definition) is 0. The third-order valence-electron chi connectivity index (χ3n) is 3.43. The van der Waals surface area contributed by atoms with Crippen molar-refractivity contribution < 1.29 is 0 Å². The molecule has 102 valence electrons. The van der Waals surface area contributed by atoms with E-state index >= 15 is 0 Å². The molecule has 1 aliphatic heterocycles. The Hall–Kier alpha value is -0.610. The fourth-order valence-corrected chi connectivity index (χ4v) is 2.96. The van der Waals surface area contributed by atoms with E-state index in [0.29, 0.717) is 5.41 Å². The molecule has 2 heterocycles. The Kier molecular flexibility index (Phi) is 4.28. The summed E-state index contributed by atoms with van der Waals surface area (Å²) in [7, 11) is 0. The molecule has 0 spiro atoms. The fraction of sp³-hybridized carbons (Fsp3) is 0.786. The molecule has 0 unspecified atom stereocenters. The molecule has 0 aliphatic carbocycles. The van der Waals surface area contributed by atoms with Crippen LogP contribution in [0.3, 0.4) is 0 Å². The van der Waals surface area contributed by atoms with E-state index in [1.165, 1.54) is 36.1 Å². The molecule has 0 radical (unpaired) electrons. The summed E-state index contributed by atoms with van der Waals surface area (Å²) < 4.78 is 0. The Morgan fingerprint density at radius 3 is 2.39 bits per heavy atom. The number of thiazole rings is 1. The fourth-order valence-electron chi connectivity index (χ4n) is 2.15. The summed E-state index contributed by atoms with van der Waals surface area (Å²) in [6.07, 6.45) is 3.26. The maximum atomic E-state index is 4.48. The third-order valence-corrected chi connectivity index (χ3v) is 4.40. The molecule has 4 heteroatoms. The van der Waals surface area contributed by atoms with E-state index < -0.39 is 0 Å². The van der Waals surface area contributed by atoms with E-state index in [9.17, 15) is 0 Å². The number of nitrogens with zero attached hydrogens (tertiary/aromatic N) is 3. The highest BCUT2D eigenvalue weighted by atomic mass is 32.1. The lowest BCUT2D eigenvalue weighted by atomic mass is 9.92. The normalized spacial score (nSPS) is 18.3. The van der Waals surface area contributed by atoms with Crippen molar-refractivity contribution in [3.63, 3.8) is 0 Å². The smallest absolute Gasteiger partial charge is 0.185 e. The summed E-state index contributed by atoms with van der Waals surface area (Å²) >= 11 is 1.81. The van der Waals surface area contributed by atoms with Gasteiger partial charge in [0, 0.05) is 37.3 Å². The number of hydrogen-bond acceptors (Lipinski definition) is 4. The zero-order valence-electron chi connectivity index (χ0n) is 12.1. The monoisotopic (exact) mass is 267 g/mol. The number of anilines is 1. The van der Waals surface area contributed by atoms with E-state index in [1.54, 1.807) is 0 Å². The molecule has 2 rings (SSSR count). The lowest BCUT2D eigenvalue weighted by molar-refractivity contribution is 0.217. The van der Waals surface area contributed by atoms with Crippen molar-refractivity contribution in [3.8, 4) is 0 Å². The van der Waals surface area contributed by atoms with Crippen LogP contribution in [-0.2, 0) is 0 Å². The van der Waals surface area contributed by atoms with Crippen molar-refractivity contribution >= 4 is 16.5 Å². The van der Waals surface area contributed by atoms with Crippen LogP contribution < -0.4 is 4.90 Å². The molecule has 3 nitrogen and oxygen atoms in total. The van der Waals surface area contributed by atoms with Gasteiger partial charge >= 0.3 is 0 Å². The summed E-state index contributed by atoms with van der Waals surface area (Å²) in [5, 5.41) is 1.20. The zero-order valence-corrected chi connectivity index (χ0v) is 12.9. The lowest BCUT2D eigenvalue weighted by Crippen LogP contribution is -2.47. The van der Waals surface area contributed by atoms with Gasteiger partial charge in [-0.3, -0.25) is 4.90 Å². The summed E-state index contributed by atoms with van der Waals surface area (Å²) in [5.74, 6) is 0. The maximum Gasteiger partial charge on any atom is 0.185 e. The first-order valence-electron chi connectivity index (χ1n) is 6.84. The topological polar surface area (TPSA) is 19.4 Å². The molecule has 1 aromatic rings. The Morgan fingerprint density at radius 2 is 1.89 bits per heavy atom. The van der Waals surface area contributed by atoms with Crippen molar-refractivity contribution in [1.82, 2.24) is 9.88 Å². The van der Waals surface area contributed by atoms with Crippen LogP contribution in [0.25, 0.3) is 0 Å². The first-order valence-corrected chi connectivity index (χ1v) is 7.65. The number of aromatic nitrogens is 1. The minimum Gasteiger partial charge on any atom is -0.346 e. The molecule has 1 saturated heterocycles. The molecule has 1 aliphatic rings. The van der Waals surface area contributed by atoms with E-state index in [2.05, 4.69) is 42.5 Å². The highest BCUT2D eigenvalue weighted by Crippen LogP contribution is 2.23. The second-order valence-corrected chi connectivity index (χ2v) is 7.61. The first-order chi connectivity index (χ1) is 8.44. The Balaban J connectivity index is 1.78. The second-order valence-electron chi connectivity index (χ2n) is 6.39. The van der Waals surface area contributed by atoms with E-state index in [4.69, 9.17) is 0 Å². The maximum absolute atomic E-state index is 4.48. The van der Waals surface area contributed by atoms with Gasteiger partial charge in [-0.05, 0) is 25.3 Å². The summed E-state index contributed by atoms with van der Waals surface area (Å²) in [6.45, 7) is 14.9. The number of aryl methyl sites for hydroxylation is 1. The van der Waals surface area contributed by atoms with Crippen LogP contribution >= 0.6 is 11.3 Å².